The first kappa shape index (κ1) is 54.0. The van der Waals surface area contributed by atoms with Crippen molar-refractivity contribution in [3.8, 4) is 11.5 Å². The summed E-state index contributed by atoms with van der Waals surface area (Å²) < 4.78 is 12.0. The van der Waals surface area contributed by atoms with Gasteiger partial charge in [0, 0.05) is 0 Å². The van der Waals surface area contributed by atoms with Crippen molar-refractivity contribution in [1.29, 1.82) is 0 Å². The SMILES string of the molecule is CC(C)CCCC(C)[C@H]1CC[C@H]2[C@@H]3CCC4C[C@@H](CCC=C(c5cc(Cl)c(OCc6cccc(C(=O)O)c6)c(C(=O)O)c5)c5cc(Cl)c(OCc6cccc(C(=O)O)c6)c(C(=O)O)c5)CC[C@]4(C)[C@H]3CC[C@]12C. The van der Waals surface area contributed by atoms with Gasteiger partial charge in [0.2, 0.25) is 0 Å². The molecule has 390 valence electrons. The first-order valence-electron chi connectivity index (χ1n) is 26.5. The van der Waals surface area contributed by atoms with E-state index < -0.39 is 23.9 Å². The maximum Gasteiger partial charge on any atom is 0.339 e. The number of benzene rings is 4. The largest absolute Gasteiger partial charge is 0.486 e. The van der Waals surface area contributed by atoms with Crippen LogP contribution in [0.3, 0.4) is 0 Å². The number of ether oxygens (including phenoxy) is 2. The Morgan fingerprint density at radius 2 is 1.19 bits per heavy atom. The van der Waals surface area contributed by atoms with Crippen LogP contribution in [0.15, 0.2) is 78.9 Å². The van der Waals surface area contributed by atoms with Crippen molar-refractivity contribution >= 4 is 52.7 Å². The number of fused-ring (bicyclic) bond motifs is 5. The van der Waals surface area contributed by atoms with Gasteiger partial charge in [-0.1, -0.05) is 107 Å². The highest BCUT2D eigenvalue weighted by molar-refractivity contribution is 6.33. The second-order valence-corrected chi connectivity index (χ2v) is 23.7. The predicted molar refractivity (Wildman–Crippen MR) is 285 cm³/mol. The molecule has 0 heterocycles. The van der Waals surface area contributed by atoms with Crippen LogP contribution in [-0.2, 0) is 13.2 Å². The van der Waals surface area contributed by atoms with Gasteiger partial charge in [-0.05, 0) is 205 Å². The van der Waals surface area contributed by atoms with Crippen molar-refractivity contribution in [2.75, 3.05) is 0 Å². The van der Waals surface area contributed by atoms with E-state index in [0.717, 1.165) is 48.3 Å². The molecular formula is C61H72Cl2O10. The summed E-state index contributed by atoms with van der Waals surface area (Å²) in [6, 6.07) is 18.4. The van der Waals surface area contributed by atoms with Crippen LogP contribution in [0.5, 0.6) is 11.5 Å². The van der Waals surface area contributed by atoms with Gasteiger partial charge in [0.15, 0.2) is 11.5 Å². The third kappa shape index (κ3) is 11.7. The highest BCUT2D eigenvalue weighted by atomic mass is 35.5. The molecule has 9 atom stereocenters. The summed E-state index contributed by atoms with van der Waals surface area (Å²) in [5.74, 6) is 0.960. The van der Waals surface area contributed by atoms with Gasteiger partial charge >= 0.3 is 23.9 Å². The lowest BCUT2D eigenvalue weighted by Gasteiger charge is -2.61. The number of hydrogen-bond donors (Lipinski definition) is 4. The van der Waals surface area contributed by atoms with E-state index in [4.69, 9.17) is 32.7 Å². The maximum absolute atomic E-state index is 13.0. The summed E-state index contributed by atoms with van der Waals surface area (Å²) in [5.41, 5.74) is 2.80. The average Bonchev–Trinajstić information content (AvgIpc) is 3.71. The lowest BCUT2D eigenvalue weighted by molar-refractivity contribution is -0.121. The fourth-order valence-corrected chi connectivity index (χ4v) is 15.1. The van der Waals surface area contributed by atoms with Crippen LogP contribution in [0.1, 0.15) is 188 Å². The molecule has 12 heteroatoms. The Balaban J connectivity index is 1.04. The zero-order valence-electron chi connectivity index (χ0n) is 42.9. The molecule has 4 aliphatic rings. The van der Waals surface area contributed by atoms with Crippen LogP contribution >= 0.6 is 23.2 Å². The van der Waals surface area contributed by atoms with Gasteiger partial charge < -0.3 is 29.9 Å². The first-order chi connectivity index (χ1) is 34.8. The zero-order chi connectivity index (χ0) is 52.4. The van der Waals surface area contributed by atoms with Crippen LogP contribution in [0.4, 0.5) is 0 Å². The Bertz CT molecular complexity index is 2610. The number of hydrogen-bond acceptors (Lipinski definition) is 6. The van der Waals surface area contributed by atoms with E-state index in [1.165, 1.54) is 107 Å². The molecule has 73 heavy (non-hydrogen) atoms. The van der Waals surface area contributed by atoms with E-state index in [-0.39, 0.29) is 57.0 Å². The topological polar surface area (TPSA) is 168 Å². The van der Waals surface area contributed by atoms with Crippen LogP contribution in [0.2, 0.25) is 10.0 Å². The quantitative estimate of drug-likeness (QED) is 0.0669. The molecule has 4 aliphatic carbocycles. The molecule has 4 fully saturated rings. The molecule has 0 saturated heterocycles. The minimum absolute atomic E-state index is 0.00207. The summed E-state index contributed by atoms with van der Waals surface area (Å²) in [4.78, 5) is 49.2. The number of halogens is 2. The Morgan fingerprint density at radius 3 is 1.73 bits per heavy atom. The Kier molecular flexibility index (Phi) is 16.7. The minimum Gasteiger partial charge on any atom is -0.486 e. The molecule has 0 bridgehead atoms. The van der Waals surface area contributed by atoms with Crippen molar-refractivity contribution in [1.82, 2.24) is 0 Å². The number of carbonyl (C=O) groups is 4. The van der Waals surface area contributed by atoms with Crippen LogP contribution in [-0.4, -0.2) is 44.3 Å². The second-order valence-electron chi connectivity index (χ2n) is 22.9. The van der Waals surface area contributed by atoms with Crippen molar-refractivity contribution in [3.63, 3.8) is 0 Å². The van der Waals surface area contributed by atoms with E-state index in [1.807, 2.05) is 6.08 Å². The highest BCUT2D eigenvalue weighted by Crippen LogP contribution is 2.69. The molecule has 0 aromatic heterocycles. The van der Waals surface area contributed by atoms with Crippen molar-refractivity contribution in [3.05, 3.63) is 133 Å². The normalized spacial score (nSPS) is 25.7. The van der Waals surface area contributed by atoms with Gasteiger partial charge in [-0.15, -0.1) is 0 Å². The standard InChI is InChI=1S/C61H72Cl2O10/c1-35(2)10-6-11-36(3)49-20-21-50-46-19-18-44-28-37(22-24-60(44,4)51(46)23-25-61(49,50)5)12-9-17-45(42-29-47(58(68)69)54(52(62)31-42)72-33-38-13-7-15-40(26-38)56(64)65)43-30-48(59(70)71)55(53(63)32-43)73-34-39-14-8-16-41(27-39)57(66)67/h7-8,13-17,26-27,29-32,35-37,44,46,49-51H,6,9-12,18-25,28,33-34H2,1-5H3,(H,64,65)(H,66,67)(H,68,69)(H,70,71)/t36?,37-,44?,46-,49+,50-,51-,60-,61+/m0/s1. The summed E-state index contributed by atoms with van der Waals surface area (Å²) in [5, 5.41) is 40.1. The van der Waals surface area contributed by atoms with Gasteiger partial charge in [-0.3, -0.25) is 0 Å². The van der Waals surface area contributed by atoms with Gasteiger partial charge in [-0.25, -0.2) is 19.2 Å². The minimum atomic E-state index is -1.31. The number of aromatic carboxylic acids is 4. The number of carboxylic acids is 4. The summed E-state index contributed by atoms with van der Waals surface area (Å²) >= 11 is 13.8. The Labute approximate surface area is 440 Å². The first-order valence-corrected chi connectivity index (χ1v) is 27.3. The molecule has 4 aromatic carbocycles. The molecule has 0 aliphatic heterocycles. The summed E-state index contributed by atoms with van der Waals surface area (Å²) in [6.07, 6.45) is 19.2. The van der Waals surface area contributed by atoms with E-state index in [9.17, 15) is 39.6 Å². The van der Waals surface area contributed by atoms with Gasteiger partial charge in [0.1, 0.15) is 24.3 Å². The average molecular weight is 1040 g/mol. The van der Waals surface area contributed by atoms with Crippen LogP contribution in [0.25, 0.3) is 5.57 Å². The highest BCUT2D eigenvalue weighted by Gasteiger charge is 2.60. The molecule has 10 nitrogen and oxygen atoms in total. The van der Waals surface area contributed by atoms with Crippen molar-refractivity contribution < 1.29 is 49.1 Å². The third-order valence-corrected chi connectivity index (χ3v) is 18.7. The van der Waals surface area contributed by atoms with E-state index >= 15 is 0 Å². The van der Waals surface area contributed by atoms with Crippen molar-refractivity contribution in [2.45, 2.75) is 138 Å². The predicted octanol–water partition coefficient (Wildman–Crippen LogP) is 15.9. The Morgan fingerprint density at radius 1 is 0.644 bits per heavy atom. The van der Waals surface area contributed by atoms with Gasteiger partial charge in [0.25, 0.3) is 0 Å². The summed E-state index contributed by atoms with van der Waals surface area (Å²) in [6.45, 7) is 12.2. The fraction of sp³-hybridized carbons (Fsp3) is 0.508. The molecule has 2 unspecified atom stereocenters. The third-order valence-electron chi connectivity index (χ3n) is 18.2. The Hall–Kier alpha value is -5.32. The number of allylic oxidation sites excluding steroid dienone is 1. The molecular weight excluding hydrogens is 964 g/mol. The lowest BCUT2D eigenvalue weighted by Crippen LogP contribution is -2.53. The summed E-state index contributed by atoms with van der Waals surface area (Å²) in [7, 11) is 0. The molecule has 0 spiro atoms. The van der Waals surface area contributed by atoms with Gasteiger partial charge in [0.05, 0.1) is 21.2 Å². The molecule has 4 N–H and O–H groups in total. The van der Waals surface area contributed by atoms with E-state index in [2.05, 4.69) is 34.6 Å². The van der Waals surface area contributed by atoms with E-state index in [1.54, 1.807) is 36.4 Å². The van der Waals surface area contributed by atoms with Crippen LogP contribution < -0.4 is 9.47 Å². The maximum atomic E-state index is 13.0. The molecule has 0 radical (unpaired) electrons. The number of rotatable bonds is 20. The zero-order valence-corrected chi connectivity index (χ0v) is 44.4. The second kappa shape index (κ2) is 22.7. The number of carboxylic acid groups (broad SMARTS) is 4. The molecule has 8 rings (SSSR count). The van der Waals surface area contributed by atoms with Crippen molar-refractivity contribution in [2.24, 2.45) is 58.2 Å². The molecule has 4 saturated carbocycles. The van der Waals surface area contributed by atoms with Crippen LogP contribution in [0, 0.1) is 58.2 Å². The van der Waals surface area contributed by atoms with E-state index in [0.29, 0.717) is 56.9 Å². The smallest absolute Gasteiger partial charge is 0.339 e. The fourth-order valence-electron chi connectivity index (χ4n) is 14.5. The molecule has 4 aromatic rings. The monoisotopic (exact) mass is 1030 g/mol. The molecule has 0 amide bonds. The lowest BCUT2D eigenvalue weighted by atomic mass is 9.44. The van der Waals surface area contributed by atoms with Gasteiger partial charge in [-0.2, -0.15) is 0 Å².